The first-order valence-corrected chi connectivity index (χ1v) is 13.7. The Balaban J connectivity index is 1.35. The molecule has 208 valence electrons. The van der Waals surface area contributed by atoms with Gasteiger partial charge in [0.2, 0.25) is 0 Å². The number of hydrogen-bond donors (Lipinski definition) is 1. The van der Waals surface area contributed by atoms with E-state index < -0.39 is 6.04 Å². The molecule has 1 atom stereocenters. The molecule has 1 aliphatic heterocycles. The van der Waals surface area contributed by atoms with Gasteiger partial charge >= 0.3 is 0 Å². The molecule has 0 bridgehead atoms. The molecular formula is C28H32N8O4. The minimum absolute atomic E-state index is 0.0742. The summed E-state index contributed by atoms with van der Waals surface area (Å²) in [5, 5.41) is 25.0. The molecule has 2 aromatic carbocycles. The smallest absolute Gasteiger partial charge is 0.269 e. The van der Waals surface area contributed by atoms with Crippen molar-refractivity contribution < 1.29 is 9.66 Å². The number of rotatable bonds is 7. The summed E-state index contributed by atoms with van der Waals surface area (Å²) in [7, 11) is 1.60. The van der Waals surface area contributed by atoms with Crippen molar-refractivity contribution in [2.45, 2.75) is 44.2 Å². The Kier molecular flexibility index (Phi) is 7.16. The topological polar surface area (TPSA) is 135 Å². The molecule has 0 radical (unpaired) electrons. The Hall–Kier alpha value is -4.32. The predicted octanol–water partition coefficient (Wildman–Crippen LogP) is 3.85. The van der Waals surface area contributed by atoms with Crippen LogP contribution in [0.4, 0.5) is 11.4 Å². The van der Waals surface area contributed by atoms with E-state index in [1.54, 1.807) is 19.2 Å². The number of aromatic amines is 1. The number of anilines is 1. The first kappa shape index (κ1) is 25.9. The highest BCUT2D eigenvalue weighted by Gasteiger charge is 2.34. The zero-order valence-electron chi connectivity index (χ0n) is 22.4. The number of nitro groups is 1. The Labute approximate surface area is 230 Å². The number of piperazine rings is 1. The molecule has 0 amide bonds. The molecule has 6 rings (SSSR count). The minimum atomic E-state index is -0.425. The summed E-state index contributed by atoms with van der Waals surface area (Å²) in [6.45, 7) is 2.72. The second-order valence-corrected chi connectivity index (χ2v) is 10.5. The van der Waals surface area contributed by atoms with Crippen molar-refractivity contribution in [3.05, 3.63) is 80.4 Å². The Morgan fingerprint density at radius 2 is 1.77 bits per heavy atom. The molecule has 2 fully saturated rings. The van der Waals surface area contributed by atoms with Gasteiger partial charge in [0.05, 0.1) is 23.6 Å². The van der Waals surface area contributed by atoms with E-state index in [0.29, 0.717) is 48.8 Å². The number of tetrazole rings is 1. The first-order valence-electron chi connectivity index (χ1n) is 13.7. The lowest BCUT2D eigenvalue weighted by Gasteiger charge is -2.40. The number of benzene rings is 2. The van der Waals surface area contributed by atoms with Gasteiger partial charge in [0.25, 0.3) is 11.2 Å². The van der Waals surface area contributed by atoms with Crippen molar-refractivity contribution in [2.24, 2.45) is 0 Å². The molecule has 3 heterocycles. The monoisotopic (exact) mass is 544 g/mol. The zero-order valence-corrected chi connectivity index (χ0v) is 22.4. The zero-order chi connectivity index (χ0) is 27.6. The van der Waals surface area contributed by atoms with E-state index in [0.717, 1.165) is 36.8 Å². The molecule has 1 saturated heterocycles. The van der Waals surface area contributed by atoms with Crippen molar-refractivity contribution in [2.75, 3.05) is 38.2 Å². The third-order valence-electron chi connectivity index (χ3n) is 8.16. The summed E-state index contributed by atoms with van der Waals surface area (Å²) in [6.07, 6.45) is 5.54. The second kappa shape index (κ2) is 11.0. The van der Waals surface area contributed by atoms with Crippen LogP contribution in [0.2, 0.25) is 0 Å². The second-order valence-electron chi connectivity index (χ2n) is 10.5. The lowest BCUT2D eigenvalue weighted by Crippen LogP contribution is -2.49. The number of ether oxygens (including phenoxy) is 1. The highest BCUT2D eigenvalue weighted by Crippen LogP contribution is 2.34. The summed E-state index contributed by atoms with van der Waals surface area (Å²) in [5.74, 6) is 1.37. The first-order chi connectivity index (χ1) is 19.5. The van der Waals surface area contributed by atoms with E-state index in [4.69, 9.17) is 4.74 Å². The van der Waals surface area contributed by atoms with Crippen LogP contribution in [0.3, 0.4) is 0 Å². The molecule has 4 aromatic rings. The fourth-order valence-electron chi connectivity index (χ4n) is 6.02. The van der Waals surface area contributed by atoms with Crippen LogP contribution in [0.25, 0.3) is 10.9 Å². The molecule has 12 heteroatoms. The fourth-order valence-corrected chi connectivity index (χ4v) is 6.02. The van der Waals surface area contributed by atoms with Crippen LogP contribution < -0.4 is 15.2 Å². The van der Waals surface area contributed by atoms with Crippen LogP contribution in [-0.4, -0.2) is 68.3 Å². The number of nitro benzene ring substituents is 1. The number of non-ortho nitro benzene ring substituents is 1. The van der Waals surface area contributed by atoms with Gasteiger partial charge in [0.1, 0.15) is 11.8 Å². The molecule has 1 aliphatic carbocycles. The number of methoxy groups -OCH3 is 1. The van der Waals surface area contributed by atoms with Gasteiger partial charge in [-0.1, -0.05) is 19.3 Å². The lowest BCUT2D eigenvalue weighted by atomic mass is 9.95. The molecular weight excluding hydrogens is 512 g/mol. The number of nitrogens with zero attached hydrogens (tertiary/aromatic N) is 7. The van der Waals surface area contributed by atoms with Crippen LogP contribution in [0.15, 0.2) is 53.3 Å². The number of pyridine rings is 1. The summed E-state index contributed by atoms with van der Waals surface area (Å²) in [6, 6.07) is 14.0. The standard InChI is InChI=1S/C28H32N8O4/c1-40-23-12-7-19-17-24(28(37)29-25(19)18-23)26(27-30-31-32-35(27)21-5-3-2-4-6-21)34-15-13-33(14-16-34)20-8-10-22(11-9-20)36(38)39/h7-12,17-18,21,26H,2-6,13-16H2,1H3,(H,29,37)/t26-/m1/s1. The van der Waals surface area contributed by atoms with E-state index in [-0.39, 0.29) is 22.2 Å². The molecule has 40 heavy (non-hydrogen) atoms. The van der Waals surface area contributed by atoms with Gasteiger partial charge < -0.3 is 14.6 Å². The number of fused-ring (bicyclic) bond motifs is 1. The number of hydrogen-bond acceptors (Lipinski definition) is 9. The maximum atomic E-state index is 13.6. The largest absolute Gasteiger partial charge is 0.497 e. The Bertz CT molecular complexity index is 1550. The predicted molar refractivity (Wildman–Crippen MR) is 150 cm³/mol. The van der Waals surface area contributed by atoms with Gasteiger partial charge in [-0.25, -0.2) is 4.68 Å². The van der Waals surface area contributed by atoms with E-state index in [1.807, 2.05) is 28.9 Å². The third-order valence-corrected chi connectivity index (χ3v) is 8.16. The molecule has 1 saturated carbocycles. The number of nitrogens with one attached hydrogen (secondary N) is 1. The lowest BCUT2D eigenvalue weighted by molar-refractivity contribution is -0.384. The number of H-pyrrole nitrogens is 1. The van der Waals surface area contributed by atoms with Gasteiger partial charge in [-0.05, 0) is 59.0 Å². The van der Waals surface area contributed by atoms with Gasteiger partial charge in [0, 0.05) is 55.6 Å². The summed E-state index contributed by atoms with van der Waals surface area (Å²) in [4.78, 5) is 31.8. The maximum absolute atomic E-state index is 13.6. The molecule has 1 N–H and O–H groups in total. The fraction of sp³-hybridized carbons (Fsp3) is 0.429. The van der Waals surface area contributed by atoms with Crippen LogP contribution in [0, 0.1) is 10.1 Å². The SMILES string of the molecule is COc1ccc2cc([C@H](c3nnnn3C3CCCCC3)N3CCN(c4ccc([N+](=O)[O-])cc4)CC3)c(=O)[nH]c2c1. The molecule has 2 aromatic heterocycles. The van der Waals surface area contributed by atoms with E-state index in [2.05, 4.69) is 30.3 Å². The average Bonchev–Trinajstić information content (AvgIpc) is 3.47. The van der Waals surface area contributed by atoms with Crippen LogP contribution in [0.1, 0.15) is 55.6 Å². The van der Waals surface area contributed by atoms with Gasteiger partial charge in [0.15, 0.2) is 5.82 Å². The van der Waals surface area contributed by atoms with Gasteiger partial charge in [-0.3, -0.25) is 19.8 Å². The van der Waals surface area contributed by atoms with Gasteiger partial charge in [-0.2, -0.15) is 0 Å². The van der Waals surface area contributed by atoms with Crippen molar-refractivity contribution in [3.8, 4) is 5.75 Å². The van der Waals surface area contributed by atoms with E-state index in [1.165, 1.54) is 18.6 Å². The van der Waals surface area contributed by atoms with Gasteiger partial charge in [-0.15, -0.1) is 5.10 Å². The summed E-state index contributed by atoms with van der Waals surface area (Å²) in [5.41, 5.74) is 2.15. The van der Waals surface area contributed by atoms with Crippen molar-refractivity contribution >= 4 is 22.3 Å². The van der Waals surface area contributed by atoms with Crippen LogP contribution in [0.5, 0.6) is 5.75 Å². The Morgan fingerprint density at radius 1 is 1.02 bits per heavy atom. The summed E-state index contributed by atoms with van der Waals surface area (Å²) < 4.78 is 7.29. The molecule has 2 aliphatic rings. The normalized spacial score (nSPS) is 17.7. The summed E-state index contributed by atoms with van der Waals surface area (Å²) >= 11 is 0. The van der Waals surface area contributed by atoms with E-state index in [9.17, 15) is 14.9 Å². The molecule has 0 spiro atoms. The van der Waals surface area contributed by atoms with Crippen molar-refractivity contribution in [1.29, 1.82) is 0 Å². The number of aromatic nitrogens is 5. The van der Waals surface area contributed by atoms with E-state index >= 15 is 0 Å². The quantitative estimate of drug-likeness (QED) is 0.272. The highest BCUT2D eigenvalue weighted by atomic mass is 16.6. The minimum Gasteiger partial charge on any atom is -0.497 e. The molecule has 12 nitrogen and oxygen atoms in total. The maximum Gasteiger partial charge on any atom is 0.269 e. The molecule has 0 unspecified atom stereocenters. The van der Waals surface area contributed by atoms with Crippen molar-refractivity contribution in [1.82, 2.24) is 30.1 Å². The third kappa shape index (κ3) is 5.02. The Morgan fingerprint density at radius 3 is 2.48 bits per heavy atom. The van der Waals surface area contributed by atoms with Crippen LogP contribution in [-0.2, 0) is 0 Å². The van der Waals surface area contributed by atoms with Crippen molar-refractivity contribution in [3.63, 3.8) is 0 Å². The average molecular weight is 545 g/mol. The highest BCUT2D eigenvalue weighted by molar-refractivity contribution is 5.80. The van der Waals surface area contributed by atoms with Crippen LogP contribution >= 0.6 is 0 Å².